The van der Waals surface area contributed by atoms with Gasteiger partial charge in [-0.2, -0.15) is 0 Å². The summed E-state index contributed by atoms with van der Waals surface area (Å²) in [5.41, 5.74) is 1.13. The maximum Gasteiger partial charge on any atom is 0.114 e. The van der Waals surface area contributed by atoms with E-state index < -0.39 is 0 Å². The van der Waals surface area contributed by atoms with E-state index in [1.165, 1.54) is 0 Å². The zero-order valence-corrected chi connectivity index (χ0v) is 8.48. The van der Waals surface area contributed by atoms with Gasteiger partial charge in [0.2, 0.25) is 0 Å². The minimum atomic E-state index is 0.601. The first kappa shape index (κ1) is 9.28. The van der Waals surface area contributed by atoms with E-state index in [1.807, 2.05) is 24.4 Å². The summed E-state index contributed by atoms with van der Waals surface area (Å²) in [7, 11) is 0. The van der Waals surface area contributed by atoms with Crippen LogP contribution >= 0.6 is 11.6 Å². The van der Waals surface area contributed by atoms with Gasteiger partial charge in [-0.1, -0.05) is 18.2 Å². The summed E-state index contributed by atoms with van der Waals surface area (Å²) in [5, 5.41) is 0. The van der Waals surface area contributed by atoms with Crippen molar-refractivity contribution >= 4 is 11.6 Å². The van der Waals surface area contributed by atoms with Crippen LogP contribution in [-0.2, 0) is 6.42 Å². The van der Waals surface area contributed by atoms with Crippen molar-refractivity contribution in [3.05, 3.63) is 48.5 Å². The van der Waals surface area contributed by atoms with Crippen LogP contribution in [-0.4, -0.2) is 15.4 Å². The number of rotatable bonds is 3. The Morgan fingerprint density at radius 2 is 2.00 bits per heavy atom. The van der Waals surface area contributed by atoms with E-state index in [1.54, 1.807) is 6.20 Å². The molecule has 0 aliphatic heterocycles. The van der Waals surface area contributed by atoms with Gasteiger partial charge in [0.1, 0.15) is 5.82 Å². The smallest absolute Gasteiger partial charge is 0.114 e. The molecule has 0 amide bonds. The lowest BCUT2D eigenvalue weighted by Gasteiger charge is -2.05. The Bertz CT molecular complexity index is 395. The van der Waals surface area contributed by atoms with Crippen molar-refractivity contribution in [3.63, 3.8) is 0 Å². The second-order valence-electron chi connectivity index (χ2n) is 2.99. The average molecular weight is 207 g/mol. The van der Waals surface area contributed by atoms with Crippen LogP contribution in [0.2, 0.25) is 0 Å². The molecule has 2 nitrogen and oxygen atoms in total. The van der Waals surface area contributed by atoms with Gasteiger partial charge in [0, 0.05) is 30.4 Å². The lowest BCUT2D eigenvalue weighted by atomic mass is 10.3. The normalized spacial score (nSPS) is 10.4. The molecule has 0 aliphatic carbocycles. The Kier molecular flexibility index (Phi) is 2.84. The Morgan fingerprint density at radius 3 is 2.71 bits per heavy atom. The molecule has 0 N–H and O–H groups in total. The minimum absolute atomic E-state index is 0.601. The molecule has 0 bridgehead atoms. The van der Waals surface area contributed by atoms with Crippen molar-refractivity contribution in [2.45, 2.75) is 6.42 Å². The number of benzene rings is 1. The summed E-state index contributed by atoms with van der Waals surface area (Å²) in [6.07, 6.45) is 4.55. The van der Waals surface area contributed by atoms with Gasteiger partial charge in [-0.15, -0.1) is 11.6 Å². The van der Waals surface area contributed by atoms with E-state index >= 15 is 0 Å². The van der Waals surface area contributed by atoms with Crippen molar-refractivity contribution < 1.29 is 0 Å². The van der Waals surface area contributed by atoms with Gasteiger partial charge in [-0.3, -0.25) is 0 Å². The molecule has 1 heterocycles. The summed E-state index contributed by atoms with van der Waals surface area (Å²) in [6, 6.07) is 10.1. The predicted molar refractivity (Wildman–Crippen MR) is 58.0 cm³/mol. The minimum Gasteiger partial charge on any atom is -0.304 e. The molecule has 0 unspecified atom stereocenters. The highest BCUT2D eigenvalue weighted by atomic mass is 35.5. The number of aryl methyl sites for hydroxylation is 1. The molecule has 0 atom stereocenters. The third kappa shape index (κ3) is 1.80. The van der Waals surface area contributed by atoms with E-state index in [0.717, 1.165) is 17.9 Å². The van der Waals surface area contributed by atoms with Crippen molar-refractivity contribution in [1.29, 1.82) is 0 Å². The number of nitrogens with zero attached hydrogens (tertiary/aromatic N) is 2. The van der Waals surface area contributed by atoms with Crippen LogP contribution in [0.25, 0.3) is 5.69 Å². The van der Waals surface area contributed by atoms with Crippen LogP contribution in [0.5, 0.6) is 0 Å². The Morgan fingerprint density at radius 1 is 1.21 bits per heavy atom. The lowest BCUT2D eigenvalue weighted by Crippen LogP contribution is -2.00. The summed E-state index contributed by atoms with van der Waals surface area (Å²) in [5.74, 6) is 1.61. The first-order valence-corrected chi connectivity index (χ1v) is 5.09. The molecule has 0 spiro atoms. The van der Waals surface area contributed by atoms with Gasteiger partial charge < -0.3 is 4.57 Å². The lowest BCUT2D eigenvalue weighted by molar-refractivity contribution is 0.895. The second kappa shape index (κ2) is 4.29. The predicted octanol–water partition coefficient (Wildman–Crippen LogP) is 2.65. The molecule has 14 heavy (non-hydrogen) atoms. The zero-order chi connectivity index (χ0) is 9.80. The fraction of sp³-hybridized carbons (Fsp3) is 0.182. The van der Waals surface area contributed by atoms with E-state index in [4.69, 9.17) is 11.6 Å². The van der Waals surface area contributed by atoms with Crippen molar-refractivity contribution in [1.82, 2.24) is 9.55 Å². The quantitative estimate of drug-likeness (QED) is 0.706. The summed E-state index contributed by atoms with van der Waals surface area (Å²) < 4.78 is 2.06. The molecule has 0 fully saturated rings. The monoisotopic (exact) mass is 206 g/mol. The molecule has 3 heteroatoms. The number of aromatic nitrogens is 2. The average Bonchev–Trinajstić information content (AvgIpc) is 2.68. The van der Waals surface area contributed by atoms with Gasteiger partial charge in [0.05, 0.1) is 0 Å². The summed E-state index contributed by atoms with van der Waals surface area (Å²) >= 11 is 5.70. The fourth-order valence-corrected chi connectivity index (χ4v) is 1.60. The first-order valence-electron chi connectivity index (χ1n) is 4.55. The van der Waals surface area contributed by atoms with Crippen LogP contribution in [0.1, 0.15) is 5.82 Å². The molecule has 2 rings (SSSR count). The highest BCUT2D eigenvalue weighted by Crippen LogP contribution is 2.10. The maximum atomic E-state index is 5.70. The summed E-state index contributed by atoms with van der Waals surface area (Å²) in [4.78, 5) is 4.26. The highest BCUT2D eigenvalue weighted by molar-refractivity contribution is 6.17. The zero-order valence-electron chi connectivity index (χ0n) is 7.73. The first-order chi connectivity index (χ1) is 6.92. The molecular weight excluding hydrogens is 196 g/mol. The van der Waals surface area contributed by atoms with E-state index in [2.05, 4.69) is 21.7 Å². The highest BCUT2D eigenvalue weighted by Gasteiger charge is 2.02. The van der Waals surface area contributed by atoms with E-state index in [-0.39, 0.29) is 0 Å². The van der Waals surface area contributed by atoms with Gasteiger partial charge in [-0.25, -0.2) is 4.98 Å². The van der Waals surface area contributed by atoms with Gasteiger partial charge in [0.25, 0.3) is 0 Å². The Balaban J connectivity index is 2.37. The van der Waals surface area contributed by atoms with Crippen LogP contribution < -0.4 is 0 Å². The number of alkyl halides is 1. The SMILES string of the molecule is ClCCc1nccn1-c1ccccc1. The molecular formula is C11H11ClN2. The summed E-state index contributed by atoms with van der Waals surface area (Å²) in [6.45, 7) is 0. The third-order valence-corrected chi connectivity index (χ3v) is 2.26. The van der Waals surface area contributed by atoms with Crippen molar-refractivity contribution in [2.24, 2.45) is 0 Å². The topological polar surface area (TPSA) is 17.8 Å². The molecule has 0 radical (unpaired) electrons. The van der Waals surface area contributed by atoms with Gasteiger partial charge in [0.15, 0.2) is 0 Å². The molecule has 1 aromatic carbocycles. The van der Waals surface area contributed by atoms with E-state index in [0.29, 0.717) is 5.88 Å². The number of imidazole rings is 1. The number of para-hydroxylation sites is 1. The molecule has 1 aromatic heterocycles. The second-order valence-corrected chi connectivity index (χ2v) is 3.37. The molecule has 72 valence electrons. The molecule has 0 saturated carbocycles. The fourth-order valence-electron chi connectivity index (χ4n) is 1.43. The molecule has 2 aromatic rings. The van der Waals surface area contributed by atoms with Gasteiger partial charge >= 0.3 is 0 Å². The number of hydrogen-bond donors (Lipinski definition) is 0. The Labute approximate surface area is 88.2 Å². The largest absolute Gasteiger partial charge is 0.304 e. The number of halogens is 1. The van der Waals surface area contributed by atoms with Gasteiger partial charge in [-0.05, 0) is 12.1 Å². The Hall–Kier alpha value is -1.28. The number of hydrogen-bond acceptors (Lipinski definition) is 1. The van der Waals surface area contributed by atoms with Crippen LogP contribution in [0.4, 0.5) is 0 Å². The van der Waals surface area contributed by atoms with Crippen molar-refractivity contribution in [3.8, 4) is 5.69 Å². The molecule has 0 aliphatic rings. The maximum absolute atomic E-state index is 5.70. The van der Waals surface area contributed by atoms with Crippen LogP contribution in [0.15, 0.2) is 42.7 Å². The van der Waals surface area contributed by atoms with Crippen molar-refractivity contribution in [2.75, 3.05) is 5.88 Å². The van der Waals surface area contributed by atoms with E-state index in [9.17, 15) is 0 Å². The van der Waals surface area contributed by atoms with Crippen LogP contribution in [0, 0.1) is 0 Å². The van der Waals surface area contributed by atoms with Crippen LogP contribution in [0.3, 0.4) is 0 Å². The standard InChI is InChI=1S/C11H11ClN2/c12-7-6-11-13-8-9-14(11)10-4-2-1-3-5-10/h1-5,8-9H,6-7H2. The molecule has 0 saturated heterocycles. The third-order valence-electron chi connectivity index (χ3n) is 2.07.